The Kier molecular flexibility index (Phi) is 5.01. The molecule has 0 radical (unpaired) electrons. The number of ether oxygens (including phenoxy) is 1. The average Bonchev–Trinajstić information content (AvgIpc) is 3.28. The lowest BCUT2D eigenvalue weighted by molar-refractivity contribution is -0.384. The number of nitro benzene ring substituents is 1. The van der Waals surface area contributed by atoms with Gasteiger partial charge in [0.2, 0.25) is 0 Å². The molecule has 0 bridgehead atoms. The van der Waals surface area contributed by atoms with E-state index in [1.807, 2.05) is 18.2 Å². The van der Waals surface area contributed by atoms with Gasteiger partial charge in [-0.3, -0.25) is 10.1 Å². The molecule has 0 aliphatic rings. The Morgan fingerprint density at radius 3 is 2.76 bits per heavy atom. The number of aromatic nitrogens is 1. The fraction of sp³-hybridized carbons (Fsp3) is 0.0588. The first-order chi connectivity index (χ1) is 12.1. The zero-order valence-electron chi connectivity index (χ0n) is 13.0. The maximum absolute atomic E-state index is 11.4. The van der Waals surface area contributed by atoms with Crippen molar-refractivity contribution < 1.29 is 14.5 Å². The normalized spacial score (nSPS) is 10.9. The molecule has 126 valence electrons. The molecule has 2 heterocycles. The van der Waals surface area contributed by atoms with Crippen LogP contribution >= 0.6 is 22.7 Å². The molecule has 0 N–H and O–H groups in total. The first kappa shape index (κ1) is 17.0. The molecular formula is C17H12N2O4S2. The van der Waals surface area contributed by atoms with Crippen molar-refractivity contribution in [1.82, 2.24) is 4.98 Å². The van der Waals surface area contributed by atoms with Gasteiger partial charge in [-0.1, -0.05) is 12.1 Å². The van der Waals surface area contributed by atoms with E-state index in [0.29, 0.717) is 15.4 Å². The summed E-state index contributed by atoms with van der Waals surface area (Å²) in [6.07, 6.45) is 5.14. The molecule has 0 spiro atoms. The van der Waals surface area contributed by atoms with Gasteiger partial charge in [-0.15, -0.1) is 22.7 Å². The number of benzene rings is 1. The van der Waals surface area contributed by atoms with Crippen LogP contribution in [0.15, 0.2) is 42.6 Å². The van der Waals surface area contributed by atoms with Crippen LogP contribution in [0.4, 0.5) is 5.69 Å². The number of rotatable bonds is 5. The molecule has 0 aliphatic heterocycles. The van der Waals surface area contributed by atoms with Crippen LogP contribution in [0.25, 0.3) is 22.6 Å². The summed E-state index contributed by atoms with van der Waals surface area (Å²) in [5.74, 6) is -0.410. The predicted octanol–water partition coefficient (Wildman–Crippen LogP) is 4.74. The van der Waals surface area contributed by atoms with E-state index >= 15 is 0 Å². The fourth-order valence-corrected chi connectivity index (χ4v) is 3.83. The van der Waals surface area contributed by atoms with Gasteiger partial charge in [0.25, 0.3) is 5.69 Å². The summed E-state index contributed by atoms with van der Waals surface area (Å²) < 4.78 is 4.65. The van der Waals surface area contributed by atoms with Gasteiger partial charge in [0.1, 0.15) is 9.88 Å². The second-order valence-corrected chi connectivity index (χ2v) is 7.04. The van der Waals surface area contributed by atoms with Gasteiger partial charge in [0.05, 0.1) is 23.8 Å². The maximum atomic E-state index is 11.4. The fourth-order valence-electron chi connectivity index (χ4n) is 2.14. The minimum Gasteiger partial charge on any atom is -0.465 e. The van der Waals surface area contributed by atoms with E-state index in [1.54, 1.807) is 24.3 Å². The molecular weight excluding hydrogens is 360 g/mol. The summed E-state index contributed by atoms with van der Waals surface area (Å²) in [7, 11) is 1.33. The lowest BCUT2D eigenvalue weighted by Gasteiger charge is -1.98. The molecule has 1 aromatic carbocycles. The zero-order valence-corrected chi connectivity index (χ0v) is 14.7. The Balaban J connectivity index is 1.82. The molecule has 0 aliphatic carbocycles. The SMILES string of the molecule is COC(=O)c1cnc(/C=C/c2ccc(-c3ccccc3[N+](=O)[O-])s2)s1. The molecule has 0 saturated heterocycles. The van der Waals surface area contributed by atoms with Crippen LogP contribution in [0, 0.1) is 10.1 Å². The predicted molar refractivity (Wildman–Crippen MR) is 98.8 cm³/mol. The highest BCUT2D eigenvalue weighted by molar-refractivity contribution is 7.16. The first-order valence-electron chi connectivity index (χ1n) is 7.14. The molecule has 8 heteroatoms. The molecule has 0 amide bonds. The Hall–Kier alpha value is -2.84. The molecule has 0 fully saturated rings. The zero-order chi connectivity index (χ0) is 17.8. The van der Waals surface area contributed by atoms with Crippen molar-refractivity contribution in [3.05, 3.63) is 67.5 Å². The topological polar surface area (TPSA) is 82.3 Å². The van der Waals surface area contributed by atoms with E-state index in [1.165, 1.54) is 42.0 Å². The Labute approximate surface area is 151 Å². The third kappa shape index (κ3) is 3.81. The van der Waals surface area contributed by atoms with Crippen LogP contribution in [0.1, 0.15) is 19.6 Å². The van der Waals surface area contributed by atoms with Crippen LogP contribution in [-0.4, -0.2) is 23.0 Å². The van der Waals surface area contributed by atoms with E-state index in [9.17, 15) is 14.9 Å². The van der Waals surface area contributed by atoms with Crippen LogP contribution in [0.3, 0.4) is 0 Å². The molecule has 6 nitrogen and oxygen atoms in total. The maximum Gasteiger partial charge on any atom is 0.349 e. The summed E-state index contributed by atoms with van der Waals surface area (Å²) in [6.45, 7) is 0. The summed E-state index contributed by atoms with van der Waals surface area (Å²) >= 11 is 2.69. The summed E-state index contributed by atoms with van der Waals surface area (Å²) in [5.41, 5.74) is 0.682. The van der Waals surface area contributed by atoms with Crippen molar-refractivity contribution in [2.45, 2.75) is 0 Å². The van der Waals surface area contributed by atoms with Crippen molar-refractivity contribution in [2.24, 2.45) is 0 Å². The molecule has 0 atom stereocenters. The number of carbonyl (C=O) groups excluding carboxylic acids is 1. The van der Waals surface area contributed by atoms with Crippen LogP contribution < -0.4 is 0 Å². The summed E-state index contributed by atoms with van der Waals surface area (Å²) in [5, 5.41) is 11.8. The van der Waals surface area contributed by atoms with Crippen molar-refractivity contribution in [3.63, 3.8) is 0 Å². The molecule has 2 aromatic heterocycles. The first-order valence-corrected chi connectivity index (χ1v) is 8.77. The number of esters is 1. The number of thiazole rings is 1. The van der Waals surface area contributed by atoms with Crippen LogP contribution in [-0.2, 0) is 4.74 Å². The third-order valence-electron chi connectivity index (χ3n) is 3.29. The number of nitro groups is 1. The van der Waals surface area contributed by atoms with Crippen molar-refractivity contribution in [1.29, 1.82) is 0 Å². The highest BCUT2D eigenvalue weighted by atomic mass is 32.1. The Morgan fingerprint density at radius 2 is 2.00 bits per heavy atom. The van der Waals surface area contributed by atoms with Crippen molar-refractivity contribution in [3.8, 4) is 10.4 Å². The number of thiophene rings is 1. The van der Waals surface area contributed by atoms with E-state index < -0.39 is 5.97 Å². The number of carbonyl (C=O) groups is 1. The minimum atomic E-state index is -0.410. The highest BCUT2D eigenvalue weighted by Crippen LogP contribution is 2.35. The lowest BCUT2D eigenvalue weighted by Crippen LogP contribution is -1.96. The van der Waals surface area contributed by atoms with Gasteiger partial charge in [0, 0.05) is 15.8 Å². The third-order valence-corrected chi connectivity index (χ3v) is 5.32. The van der Waals surface area contributed by atoms with E-state index in [-0.39, 0.29) is 10.6 Å². The van der Waals surface area contributed by atoms with Gasteiger partial charge in [0.15, 0.2) is 0 Å². The quantitative estimate of drug-likeness (QED) is 0.367. The van der Waals surface area contributed by atoms with E-state index in [0.717, 1.165) is 9.75 Å². The largest absolute Gasteiger partial charge is 0.465 e. The Morgan fingerprint density at radius 1 is 1.20 bits per heavy atom. The monoisotopic (exact) mass is 372 g/mol. The summed E-state index contributed by atoms with van der Waals surface area (Å²) in [4.78, 5) is 28.5. The van der Waals surface area contributed by atoms with Crippen molar-refractivity contribution in [2.75, 3.05) is 7.11 Å². The van der Waals surface area contributed by atoms with Gasteiger partial charge in [-0.2, -0.15) is 0 Å². The van der Waals surface area contributed by atoms with Crippen LogP contribution in [0.2, 0.25) is 0 Å². The van der Waals surface area contributed by atoms with Gasteiger partial charge < -0.3 is 4.74 Å². The number of hydrogen-bond donors (Lipinski definition) is 0. The molecule has 3 aromatic rings. The van der Waals surface area contributed by atoms with Gasteiger partial charge in [-0.25, -0.2) is 9.78 Å². The molecule has 0 unspecified atom stereocenters. The van der Waals surface area contributed by atoms with E-state index in [2.05, 4.69) is 9.72 Å². The summed E-state index contributed by atoms with van der Waals surface area (Å²) in [6, 6.07) is 10.4. The molecule has 3 rings (SSSR count). The standard InChI is InChI=1S/C17H12N2O4S2/c1-23-17(20)15-10-18-16(25-15)9-7-11-6-8-14(24-11)12-4-2-3-5-13(12)19(21)22/h2-10H,1H3/b9-7+. The molecule has 0 saturated carbocycles. The van der Waals surface area contributed by atoms with Crippen molar-refractivity contribution >= 4 is 46.5 Å². The number of hydrogen-bond acceptors (Lipinski definition) is 7. The van der Waals surface area contributed by atoms with Gasteiger partial charge >= 0.3 is 5.97 Å². The number of para-hydroxylation sites is 1. The van der Waals surface area contributed by atoms with Crippen LogP contribution in [0.5, 0.6) is 0 Å². The second-order valence-electron chi connectivity index (χ2n) is 4.86. The smallest absolute Gasteiger partial charge is 0.349 e. The lowest BCUT2D eigenvalue weighted by atomic mass is 10.1. The average molecular weight is 372 g/mol. The Bertz CT molecular complexity index is 959. The highest BCUT2D eigenvalue weighted by Gasteiger charge is 2.15. The van der Waals surface area contributed by atoms with E-state index in [4.69, 9.17) is 0 Å². The number of methoxy groups -OCH3 is 1. The molecule has 25 heavy (non-hydrogen) atoms. The number of nitrogens with zero attached hydrogens (tertiary/aromatic N) is 2. The second kappa shape index (κ2) is 7.37. The minimum absolute atomic E-state index is 0.0857. The van der Waals surface area contributed by atoms with Gasteiger partial charge in [-0.05, 0) is 30.4 Å².